The fraction of sp³-hybridized carbons (Fsp3) is 0.652. The molecule has 0 bridgehead atoms. The number of carbonyl (C=O) groups excluding carboxylic acids is 1. The average molecular weight is 389 g/mol. The lowest BCUT2D eigenvalue weighted by Crippen LogP contribution is -2.45. The Morgan fingerprint density at radius 1 is 1.14 bits per heavy atom. The van der Waals surface area contributed by atoms with Gasteiger partial charge in [0.25, 0.3) is 5.91 Å². The molecule has 1 heterocycles. The van der Waals surface area contributed by atoms with E-state index in [9.17, 15) is 9.90 Å². The molecule has 1 aliphatic heterocycles. The van der Waals surface area contributed by atoms with E-state index in [0.29, 0.717) is 32.0 Å². The van der Waals surface area contributed by atoms with E-state index in [0.717, 1.165) is 24.8 Å². The van der Waals surface area contributed by atoms with Crippen molar-refractivity contribution >= 4 is 11.8 Å². The minimum atomic E-state index is -0.516. The topological polar surface area (TPSA) is 62.1 Å². The highest BCUT2D eigenvalue weighted by molar-refractivity contribution is 5.95. The highest BCUT2D eigenvalue weighted by Crippen LogP contribution is 2.25. The summed E-state index contributed by atoms with van der Waals surface area (Å²) >= 11 is 0. The van der Waals surface area contributed by atoms with Gasteiger partial charge in [0.1, 0.15) is 12.8 Å². The van der Waals surface area contributed by atoms with Crippen molar-refractivity contribution in [1.82, 2.24) is 4.90 Å². The summed E-state index contributed by atoms with van der Waals surface area (Å²) in [6, 6.07) is 9.93. The first-order chi connectivity index (χ1) is 13.7. The van der Waals surface area contributed by atoms with Crippen LogP contribution < -0.4 is 0 Å². The van der Waals surface area contributed by atoms with Crippen LogP contribution >= 0.6 is 0 Å². The molecule has 0 aromatic heterocycles. The number of benzene rings is 1. The van der Waals surface area contributed by atoms with Crippen LogP contribution in [0.5, 0.6) is 0 Å². The van der Waals surface area contributed by atoms with Gasteiger partial charge < -0.3 is 9.84 Å². The van der Waals surface area contributed by atoms with Gasteiger partial charge in [0.05, 0.1) is 12.5 Å². The van der Waals surface area contributed by atoms with Gasteiger partial charge in [-0.2, -0.15) is 4.99 Å². The summed E-state index contributed by atoms with van der Waals surface area (Å²) in [5.74, 6) is 0.0603. The van der Waals surface area contributed by atoms with Crippen LogP contribution in [0.3, 0.4) is 0 Å². The summed E-state index contributed by atoms with van der Waals surface area (Å²) in [7, 11) is 0. The van der Waals surface area contributed by atoms with Crippen LogP contribution in [-0.4, -0.2) is 47.7 Å². The smallest absolute Gasteiger partial charge is 0.256 e. The molecule has 0 saturated carbocycles. The van der Waals surface area contributed by atoms with E-state index >= 15 is 0 Å². The first-order valence-electron chi connectivity index (χ1n) is 10.9. The number of hydrogen-bond acceptors (Lipinski definition) is 4. The number of rotatable bonds is 11. The fourth-order valence-corrected chi connectivity index (χ4v) is 3.61. The Hall–Kier alpha value is -1.72. The molecular formula is C23H36N2O3. The van der Waals surface area contributed by atoms with E-state index in [-0.39, 0.29) is 11.8 Å². The SMILES string of the molecule is CCCCCCCCC(C(=O)/N=C1/CN(C(O)CC)CCO1)c1ccccc1. The molecule has 1 N–H and O–H groups in total. The fourth-order valence-electron chi connectivity index (χ4n) is 3.61. The van der Waals surface area contributed by atoms with Crippen molar-refractivity contribution in [3.63, 3.8) is 0 Å². The van der Waals surface area contributed by atoms with Gasteiger partial charge in [0.15, 0.2) is 0 Å². The third kappa shape index (κ3) is 7.36. The molecule has 1 fully saturated rings. The minimum Gasteiger partial charge on any atom is -0.478 e. The second kappa shape index (κ2) is 12.7. The number of hydrogen-bond donors (Lipinski definition) is 1. The van der Waals surface area contributed by atoms with Crippen molar-refractivity contribution in [2.24, 2.45) is 4.99 Å². The molecule has 2 rings (SSSR count). The minimum absolute atomic E-state index is 0.136. The zero-order valence-electron chi connectivity index (χ0n) is 17.5. The van der Waals surface area contributed by atoms with Crippen LogP contribution in [0.4, 0.5) is 0 Å². The zero-order valence-corrected chi connectivity index (χ0v) is 17.5. The normalized spacial score (nSPS) is 18.6. The van der Waals surface area contributed by atoms with Crippen molar-refractivity contribution in [2.45, 2.75) is 77.4 Å². The van der Waals surface area contributed by atoms with E-state index in [1.165, 1.54) is 25.7 Å². The predicted molar refractivity (Wildman–Crippen MR) is 113 cm³/mol. The molecule has 1 amide bonds. The summed E-state index contributed by atoms with van der Waals surface area (Å²) in [4.78, 5) is 19.2. The Balaban J connectivity index is 2.00. The van der Waals surface area contributed by atoms with Gasteiger partial charge in [-0.3, -0.25) is 9.69 Å². The number of ether oxygens (including phenoxy) is 1. The summed E-state index contributed by atoms with van der Waals surface area (Å²) in [5.41, 5.74) is 1.02. The largest absolute Gasteiger partial charge is 0.478 e. The summed E-state index contributed by atoms with van der Waals surface area (Å²) < 4.78 is 5.61. The Labute approximate surface area is 169 Å². The van der Waals surface area contributed by atoms with Crippen molar-refractivity contribution < 1.29 is 14.6 Å². The number of nitrogens with zero attached hydrogens (tertiary/aromatic N) is 2. The average Bonchev–Trinajstić information content (AvgIpc) is 2.73. The van der Waals surface area contributed by atoms with Crippen molar-refractivity contribution in [3.05, 3.63) is 35.9 Å². The molecular weight excluding hydrogens is 352 g/mol. The molecule has 2 atom stereocenters. The second-order valence-corrected chi connectivity index (χ2v) is 7.57. The molecule has 1 saturated heterocycles. The Morgan fingerprint density at radius 3 is 2.57 bits per heavy atom. The molecule has 28 heavy (non-hydrogen) atoms. The van der Waals surface area contributed by atoms with Crippen molar-refractivity contribution in [2.75, 3.05) is 19.7 Å². The van der Waals surface area contributed by atoms with Gasteiger partial charge in [-0.25, -0.2) is 0 Å². The maximum atomic E-state index is 13.0. The van der Waals surface area contributed by atoms with Crippen LogP contribution in [0.2, 0.25) is 0 Å². The quantitative estimate of drug-likeness (QED) is 0.567. The van der Waals surface area contributed by atoms with Crippen LogP contribution in [0, 0.1) is 0 Å². The number of aliphatic hydroxyl groups is 1. The third-order valence-corrected chi connectivity index (χ3v) is 5.35. The van der Waals surface area contributed by atoms with Crippen molar-refractivity contribution in [3.8, 4) is 0 Å². The number of morpholine rings is 1. The first-order valence-corrected chi connectivity index (χ1v) is 10.9. The van der Waals surface area contributed by atoms with Crippen LogP contribution in [0.1, 0.15) is 76.7 Å². The zero-order chi connectivity index (χ0) is 20.2. The maximum absolute atomic E-state index is 13.0. The summed E-state index contributed by atoms with van der Waals surface area (Å²) in [5, 5.41) is 10.1. The predicted octanol–water partition coefficient (Wildman–Crippen LogP) is 4.51. The summed E-state index contributed by atoms with van der Waals surface area (Å²) in [6.45, 7) is 5.66. The molecule has 1 aromatic carbocycles. The molecule has 0 aliphatic carbocycles. The summed E-state index contributed by atoms with van der Waals surface area (Å²) in [6.07, 6.45) is 8.15. The Morgan fingerprint density at radius 2 is 1.86 bits per heavy atom. The lowest BCUT2D eigenvalue weighted by Gasteiger charge is -2.31. The monoisotopic (exact) mass is 388 g/mol. The Kier molecular flexibility index (Phi) is 10.2. The van der Waals surface area contributed by atoms with Crippen LogP contribution in [-0.2, 0) is 9.53 Å². The van der Waals surface area contributed by atoms with Gasteiger partial charge in [-0.1, -0.05) is 82.7 Å². The lowest BCUT2D eigenvalue weighted by atomic mass is 9.92. The third-order valence-electron chi connectivity index (χ3n) is 5.35. The number of aliphatic imine (C=N–C) groups is 1. The highest BCUT2D eigenvalue weighted by atomic mass is 16.5. The van der Waals surface area contributed by atoms with Gasteiger partial charge in [-0.15, -0.1) is 0 Å². The van der Waals surface area contributed by atoms with Gasteiger partial charge in [0.2, 0.25) is 5.90 Å². The van der Waals surface area contributed by atoms with Crippen molar-refractivity contribution in [1.29, 1.82) is 0 Å². The molecule has 5 nitrogen and oxygen atoms in total. The maximum Gasteiger partial charge on any atom is 0.256 e. The van der Waals surface area contributed by atoms with Gasteiger partial charge >= 0.3 is 0 Å². The molecule has 5 heteroatoms. The number of aliphatic hydroxyl groups excluding tert-OH is 1. The number of carbonyl (C=O) groups is 1. The molecule has 2 unspecified atom stereocenters. The second-order valence-electron chi connectivity index (χ2n) is 7.57. The van der Waals surface area contributed by atoms with E-state index in [2.05, 4.69) is 11.9 Å². The Bertz CT molecular complexity index is 603. The number of amides is 1. The number of unbranched alkanes of at least 4 members (excludes halogenated alkanes) is 5. The molecule has 1 aromatic rings. The first kappa shape index (κ1) is 22.6. The van der Waals surface area contributed by atoms with E-state index in [1.54, 1.807) is 0 Å². The van der Waals surface area contributed by atoms with Crippen LogP contribution in [0.25, 0.3) is 0 Å². The van der Waals surface area contributed by atoms with E-state index in [1.807, 2.05) is 42.2 Å². The van der Waals surface area contributed by atoms with E-state index < -0.39 is 6.23 Å². The molecule has 0 radical (unpaired) electrons. The molecule has 156 valence electrons. The molecule has 0 spiro atoms. The lowest BCUT2D eigenvalue weighted by molar-refractivity contribution is -0.119. The van der Waals surface area contributed by atoms with Gasteiger partial charge in [-0.05, 0) is 18.4 Å². The van der Waals surface area contributed by atoms with Gasteiger partial charge in [0, 0.05) is 6.54 Å². The van der Waals surface area contributed by atoms with E-state index in [4.69, 9.17) is 4.74 Å². The van der Waals surface area contributed by atoms with Crippen LogP contribution in [0.15, 0.2) is 35.3 Å². The highest BCUT2D eigenvalue weighted by Gasteiger charge is 2.25. The standard InChI is InChI=1S/C23H36N2O3/c1-3-5-6-7-8-12-15-20(19-13-10-9-11-14-19)23(27)24-21-18-25(16-17-28-21)22(26)4-2/h9-11,13-14,20,22,26H,3-8,12,15-18H2,1-2H3/b24-21-. The molecule has 1 aliphatic rings.